The number of thioether (sulfide) groups is 1. The van der Waals surface area contributed by atoms with Crippen molar-refractivity contribution in [1.29, 1.82) is 0 Å². The number of carbonyl (C=O) groups is 2. The van der Waals surface area contributed by atoms with Crippen LogP contribution in [0.1, 0.15) is 20.8 Å². The highest BCUT2D eigenvalue weighted by Gasteiger charge is 2.38. The minimum atomic E-state index is -0.541. The molecule has 0 radical (unpaired) electrons. The molecule has 2 atom stereocenters. The van der Waals surface area contributed by atoms with E-state index in [9.17, 15) is 9.59 Å². The van der Waals surface area contributed by atoms with Crippen molar-refractivity contribution in [3.8, 4) is 0 Å². The number of ketones is 1. The molecule has 0 amide bonds. The molecule has 1 aliphatic rings. The summed E-state index contributed by atoms with van der Waals surface area (Å²) in [6, 6.07) is 8.80. The molecular formula is C15H18N2O3S. The normalized spacial score (nSPS) is 21.7. The molecule has 5 nitrogen and oxygen atoms in total. The van der Waals surface area contributed by atoms with Crippen LogP contribution in [-0.2, 0) is 14.3 Å². The number of esters is 1. The Morgan fingerprint density at radius 3 is 2.57 bits per heavy atom. The number of benzene rings is 1. The van der Waals surface area contributed by atoms with E-state index in [4.69, 9.17) is 4.74 Å². The topological polar surface area (TPSA) is 59.0 Å². The van der Waals surface area contributed by atoms with Crippen LogP contribution in [0.2, 0.25) is 0 Å². The van der Waals surface area contributed by atoms with Gasteiger partial charge in [0.25, 0.3) is 0 Å². The van der Waals surface area contributed by atoms with E-state index >= 15 is 0 Å². The lowest BCUT2D eigenvalue weighted by atomic mass is 10.2. The standard InChI is InChI=1S/C15H18N2O3S/c1-4-20-15(19)13-11(3)21-14(10(2)18)16-17(13)12-8-6-5-7-9-12/h5-9,11,13H,4H2,1-3H3. The quantitative estimate of drug-likeness (QED) is 0.800. The first-order chi connectivity index (χ1) is 10.0. The van der Waals surface area contributed by atoms with Gasteiger partial charge in [0, 0.05) is 12.2 Å². The Kier molecular flexibility index (Phi) is 5.01. The van der Waals surface area contributed by atoms with Crippen molar-refractivity contribution < 1.29 is 14.3 Å². The van der Waals surface area contributed by atoms with Crippen LogP contribution in [-0.4, -0.2) is 34.7 Å². The van der Waals surface area contributed by atoms with Gasteiger partial charge in [-0.05, 0) is 19.1 Å². The molecular weight excluding hydrogens is 288 g/mol. The van der Waals surface area contributed by atoms with E-state index in [-0.39, 0.29) is 17.0 Å². The Morgan fingerprint density at radius 2 is 2.00 bits per heavy atom. The third kappa shape index (κ3) is 3.44. The predicted molar refractivity (Wildman–Crippen MR) is 84.5 cm³/mol. The molecule has 1 aliphatic heterocycles. The zero-order valence-corrected chi connectivity index (χ0v) is 13.1. The summed E-state index contributed by atoms with van der Waals surface area (Å²) in [6.07, 6.45) is 0. The number of carbonyl (C=O) groups excluding carboxylic acids is 2. The van der Waals surface area contributed by atoms with Gasteiger partial charge in [-0.15, -0.1) is 0 Å². The van der Waals surface area contributed by atoms with Crippen LogP contribution in [0.25, 0.3) is 0 Å². The van der Waals surface area contributed by atoms with Crippen molar-refractivity contribution in [2.24, 2.45) is 5.10 Å². The number of hydrogen-bond acceptors (Lipinski definition) is 6. The minimum absolute atomic E-state index is 0.102. The lowest BCUT2D eigenvalue weighted by Crippen LogP contribution is -2.49. The van der Waals surface area contributed by atoms with E-state index in [1.165, 1.54) is 18.7 Å². The largest absolute Gasteiger partial charge is 0.464 e. The number of hydrazone groups is 1. The lowest BCUT2D eigenvalue weighted by molar-refractivity contribution is -0.144. The highest BCUT2D eigenvalue weighted by Crippen LogP contribution is 2.31. The Morgan fingerprint density at radius 1 is 1.33 bits per heavy atom. The number of para-hydroxylation sites is 1. The molecule has 1 aromatic carbocycles. The van der Waals surface area contributed by atoms with E-state index in [1.807, 2.05) is 37.3 Å². The highest BCUT2D eigenvalue weighted by molar-refractivity contribution is 8.16. The van der Waals surface area contributed by atoms with E-state index in [0.29, 0.717) is 11.7 Å². The van der Waals surface area contributed by atoms with Crippen LogP contribution in [0.5, 0.6) is 0 Å². The van der Waals surface area contributed by atoms with E-state index < -0.39 is 6.04 Å². The van der Waals surface area contributed by atoms with Gasteiger partial charge in [0.15, 0.2) is 16.9 Å². The molecule has 0 aliphatic carbocycles. The molecule has 1 heterocycles. The minimum Gasteiger partial charge on any atom is -0.464 e. The zero-order valence-electron chi connectivity index (χ0n) is 12.3. The summed E-state index contributed by atoms with van der Waals surface area (Å²) in [6.45, 7) is 5.47. The van der Waals surface area contributed by atoms with E-state index in [1.54, 1.807) is 11.9 Å². The van der Waals surface area contributed by atoms with Gasteiger partial charge < -0.3 is 4.74 Å². The van der Waals surface area contributed by atoms with Gasteiger partial charge in [0.2, 0.25) is 0 Å². The van der Waals surface area contributed by atoms with Gasteiger partial charge in [-0.2, -0.15) is 5.10 Å². The molecule has 0 saturated heterocycles. The number of Topliss-reactive ketones (excluding diaryl/α,β-unsaturated/α-hetero) is 1. The smallest absolute Gasteiger partial charge is 0.332 e. The van der Waals surface area contributed by atoms with Crippen LogP contribution in [0.3, 0.4) is 0 Å². The second-order valence-corrected chi connectivity index (χ2v) is 6.03. The second kappa shape index (κ2) is 6.76. The van der Waals surface area contributed by atoms with Crippen LogP contribution in [0.4, 0.5) is 5.69 Å². The van der Waals surface area contributed by atoms with Crippen molar-refractivity contribution in [2.45, 2.75) is 32.1 Å². The van der Waals surface area contributed by atoms with Crippen molar-refractivity contribution in [3.05, 3.63) is 30.3 Å². The summed E-state index contributed by atoms with van der Waals surface area (Å²) in [7, 11) is 0. The zero-order chi connectivity index (χ0) is 15.4. The highest BCUT2D eigenvalue weighted by atomic mass is 32.2. The van der Waals surface area contributed by atoms with Gasteiger partial charge in [-0.25, -0.2) is 9.80 Å². The van der Waals surface area contributed by atoms with Gasteiger partial charge in [-0.3, -0.25) is 4.79 Å². The maximum atomic E-state index is 12.2. The third-order valence-electron chi connectivity index (χ3n) is 3.05. The monoisotopic (exact) mass is 306 g/mol. The number of anilines is 1. The molecule has 21 heavy (non-hydrogen) atoms. The van der Waals surface area contributed by atoms with Crippen molar-refractivity contribution >= 4 is 34.2 Å². The predicted octanol–water partition coefficient (Wildman–Crippen LogP) is 2.46. The molecule has 2 rings (SSSR count). The van der Waals surface area contributed by atoms with Crippen LogP contribution >= 0.6 is 11.8 Å². The van der Waals surface area contributed by atoms with E-state index in [2.05, 4.69) is 5.10 Å². The first-order valence-corrected chi connectivity index (χ1v) is 7.69. The van der Waals surface area contributed by atoms with E-state index in [0.717, 1.165) is 5.69 Å². The fraction of sp³-hybridized carbons (Fsp3) is 0.400. The first-order valence-electron chi connectivity index (χ1n) is 6.81. The molecule has 0 spiro atoms. The van der Waals surface area contributed by atoms with Gasteiger partial charge in [0.1, 0.15) is 0 Å². The molecule has 0 saturated carbocycles. The number of nitrogens with zero attached hydrogens (tertiary/aromatic N) is 2. The lowest BCUT2D eigenvalue weighted by Gasteiger charge is -2.35. The summed E-state index contributed by atoms with van der Waals surface area (Å²) in [5.41, 5.74) is 0.765. The van der Waals surface area contributed by atoms with Crippen LogP contribution in [0.15, 0.2) is 35.4 Å². The average Bonchev–Trinajstić information content (AvgIpc) is 2.47. The second-order valence-electron chi connectivity index (χ2n) is 4.66. The van der Waals surface area contributed by atoms with Crippen molar-refractivity contribution in [3.63, 3.8) is 0 Å². The number of hydrogen-bond donors (Lipinski definition) is 0. The molecule has 2 unspecified atom stereocenters. The molecule has 0 aromatic heterocycles. The third-order valence-corrected chi connectivity index (χ3v) is 4.28. The number of ether oxygens (including phenoxy) is 1. The summed E-state index contributed by atoms with van der Waals surface area (Å²) in [5.74, 6) is -0.428. The molecule has 1 aromatic rings. The molecule has 0 N–H and O–H groups in total. The summed E-state index contributed by atoms with van der Waals surface area (Å²) in [5, 5.41) is 6.23. The molecule has 0 fully saturated rings. The SMILES string of the molecule is CCOC(=O)C1C(C)SC(C(C)=O)=NN1c1ccccc1. The van der Waals surface area contributed by atoms with Crippen molar-refractivity contribution in [2.75, 3.05) is 11.6 Å². The summed E-state index contributed by atoms with van der Waals surface area (Å²) < 4.78 is 5.15. The Hall–Kier alpha value is -1.82. The van der Waals surface area contributed by atoms with Crippen LogP contribution < -0.4 is 5.01 Å². The summed E-state index contributed by atoms with van der Waals surface area (Å²) >= 11 is 1.31. The fourth-order valence-electron chi connectivity index (χ4n) is 2.09. The average molecular weight is 306 g/mol. The first kappa shape index (κ1) is 15.6. The Balaban J connectivity index is 2.42. The van der Waals surface area contributed by atoms with Gasteiger partial charge in [-0.1, -0.05) is 36.9 Å². The Labute approximate surface area is 128 Å². The molecule has 112 valence electrons. The van der Waals surface area contributed by atoms with Gasteiger partial charge in [0.05, 0.1) is 12.3 Å². The molecule has 0 bridgehead atoms. The summed E-state index contributed by atoms with van der Waals surface area (Å²) in [4.78, 5) is 23.9. The van der Waals surface area contributed by atoms with Gasteiger partial charge >= 0.3 is 5.97 Å². The maximum Gasteiger partial charge on any atom is 0.332 e. The van der Waals surface area contributed by atoms with Crippen molar-refractivity contribution in [1.82, 2.24) is 0 Å². The fourth-order valence-corrected chi connectivity index (χ4v) is 3.10. The molecule has 6 heteroatoms. The maximum absolute atomic E-state index is 12.2. The Bertz CT molecular complexity index is 559. The number of rotatable bonds is 4. The van der Waals surface area contributed by atoms with Crippen LogP contribution in [0, 0.1) is 0 Å².